The molecular formula is C16H25ClN2. The van der Waals surface area contributed by atoms with Crippen LogP contribution in [0, 0.1) is 11.3 Å². The van der Waals surface area contributed by atoms with E-state index in [4.69, 9.17) is 11.6 Å². The van der Waals surface area contributed by atoms with Crippen molar-refractivity contribution in [3.05, 3.63) is 23.9 Å². The van der Waals surface area contributed by atoms with Gasteiger partial charge in [-0.25, -0.2) is 4.98 Å². The van der Waals surface area contributed by atoms with Gasteiger partial charge < -0.3 is 4.90 Å². The van der Waals surface area contributed by atoms with Crippen LogP contribution >= 0.6 is 11.6 Å². The summed E-state index contributed by atoms with van der Waals surface area (Å²) in [7, 11) is 0. The summed E-state index contributed by atoms with van der Waals surface area (Å²) < 4.78 is 0. The van der Waals surface area contributed by atoms with Crippen molar-refractivity contribution in [2.24, 2.45) is 11.3 Å². The Kier molecular flexibility index (Phi) is 4.72. The van der Waals surface area contributed by atoms with E-state index < -0.39 is 0 Å². The largest absolute Gasteiger partial charge is 0.357 e. The highest BCUT2D eigenvalue weighted by Gasteiger charge is 2.27. The molecule has 0 spiro atoms. The first-order valence-corrected chi connectivity index (χ1v) is 7.80. The Balaban J connectivity index is 2.02. The fourth-order valence-corrected chi connectivity index (χ4v) is 3.03. The predicted molar refractivity (Wildman–Crippen MR) is 82.8 cm³/mol. The Morgan fingerprint density at radius 2 is 2.05 bits per heavy atom. The zero-order chi connectivity index (χ0) is 13.9. The lowest BCUT2D eigenvalue weighted by atomic mass is 9.77. The quantitative estimate of drug-likeness (QED) is 0.743. The lowest BCUT2D eigenvalue weighted by Gasteiger charge is -2.29. The van der Waals surface area contributed by atoms with Crippen molar-refractivity contribution in [1.29, 1.82) is 0 Å². The predicted octanol–water partition coefficient (Wildman–Crippen LogP) is 4.47. The Morgan fingerprint density at radius 3 is 2.63 bits per heavy atom. The van der Waals surface area contributed by atoms with Gasteiger partial charge in [0.25, 0.3) is 0 Å². The minimum atomic E-state index is 0.423. The molecule has 1 aliphatic rings. The van der Waals surface area contributed by atoms with Gasteiger partial charge in [-0.15, -0.1) is 11.6 Å². The van der Waals surface area contributed by atoms with E-state index in [0.29, 0.717) is 11.3 Å². The molecule has 3 heteroatoms. The molecule has 0 aliphatic carbocycles. The number of aromatic nitrogens is 1. The van der Waals surface area contributed by atoms with Crippen LogP contribution in [-0.2, 0) is 5.88 Å². The number of rotatable bonds is 2. The number of anilines is 1. The van der Waals surface area contributed by atoms with E-state index in [1.807, 2.05) is 6.20 Å². The van der Waals surface area contributed by atoms with Crippen LogP contribution in [0.25, 0.3) is 0 Å². The van der Waals surface area contributed by atoms with Crippen LogP contribution < -0.4 is 4.90 Å². The molecule has 19 heavy (non-hydrogen) atoms. The highest BCUT2D eigenvalue weighted by molar-refractivity contribution is 6.17. The lowest BCUT2D eigenvalue weighted by Crippen LogP contribution is -2.26. The number of pyridine rings is 1. The van der Waals surface area contributed by atoms with E-state index in [1.54, 1.807) is 0 Å². The Bertz CT molecular complexity index is 394. The number of nitrogens with zero attached hydrogens (tertiary/aromatic N) is 2. The third-order valence-electron chi connectivity index (χ3n) is 4.24. The topological polar surface area (TPSA) is 16.1 Å². The highest BCUT2D eigenvalue weighted by Crippen LogP contribution is 2.34. The van der Waals surface area contributed by atoms with Crippen LogP contribution in [0.1, 0.15) is 45.6 Å². The van der Waals surface area contributed by atoms with Gasteiger partial charge in [0.05, 0.1) is 0 Å². The molecule has 0 bridgehead atoms. The van der Waals surface area contributed by atoms with Gasteiger partial charge in [-0.05, 0) is 42.2 Å². The molecule has 2 nitrogen and oxygen atoms in total. The molecule has 1 atom stereocenters. The number of hydrogen-bond acceptors (Lipinski definition) is 2. The van der Waals surface area contributed by atoms with Gasteiger partial charge in [0.2, 0.25) is 0 Å². The van der Waals surface area contributed by atoms with E-state index >= 15 is 0 Å². The molecule has 2 heterocycles. The van der Waals surface area contributed by atoms with Crippen molar-refractivity contribution in [1.82, 2.24) is 4.98 Å². The Labute approximate surface area is 122 Å². The van der Waals surface area contributed by atoms with Crippen LogP contribution in [0.5, 0.6) is 0 Å². The van der Waals surface area contributed by atoms with Crippen LogP contribution in [0.4, 0.5) is 5.82 Å². The number of alkyl halides is 1. The van der Waals surface area contributed by atoms with E-state index in [9.17, 15) is 0 Å². The third-order valence-corrected chi connectivity index (χ3v) is 4.55. The molecule has 1 saturated heterocycles. The summed E-state index contributed by atoms with van der Waals surface area (Å²) >= 11 is 5.81. The Morgan fingerprint density at radius 1 is 1.26 bits per heavy atom. The molecule has 1 aromatic rings. The second-order valence-electron chi connectivity index (χ2n) is 6.64. The standard InChI is InChI=1S/C16H25ClN2/c1-16(2,3)14-5-4-9-19(10-8-14)15-7-6-13(11-17)12-18-15/h6-7,12,14H,4-5,8-11H2,1-3H3. The average molecular weight is 281 g/mol. The summed E-state index contributed by atoms with van der Waals surface area (Å²) in [6.45, 7) is 9.33. The van der Waals surface area contributed by atoms with E-state index in [1.165, 1.54) is 19.3 Å². The smallest absolute Gasteiger partial charge is 0.128 e. The summed E-state index contributed by atoms with van der Waals surface area (Å²) in [6, 6.07) is 4.19. The molecule has 0 radical (unpaired) electrons. The summed E-state index contributed by atoms with van der Waals surface area (Å²) in [4.78, 5) is 6.96. The van der Waals surface area contributed by atoms with Crippen LogP contribution in [0.2, 0.25) is 0 Å². The third kappa shape index (κ3) is 3.85. The minimum Gasteiger partial charge on any atom is -0.357 e. The maximum absolute atomic E-state index is 5.81. The van der Waals surface area contributed by atoms with Gasteiger partial charge in [0.15, 0.2) is 0 Å². The molecule has 0 N–H and O–H groups in total. The van der Waals surface area contributed by atoms with Gasteiger partial charge in [0, 0.05) is 25.2 Å². The summed E-state index contributed by atoms with van der Waals surface area (Å²) in [6.07, 6.45) is 5.76. The SMILES string of the molecule is CC(C)(C)C1CCCN(c2ccc(CCl)cn2)CC1. The van der Waals surface area contributed by atoms with E-state index in [0.717, 1.165) is 30.4 Å². The first kappa shape index (κ1) is 14.6. The molecule has 0 aromatic carbocycles. The fraction of sp³-hybridized carbons (Fsp3) is 0.688. The van der Waals surface area contributed by atoms with Crippen molar-refractivity contribution in [2.45, 2.75) is 45.9 Å². The number of halogens is 1. The molecular weight excluding hydrogens is 256 g/mol. The van der Waals surface area contributed by atoms with Gasteiger partial charge in [-0.2, -0.15) is 0 Å². The monoisotopic (exact) mass is 280 g/mol. The molecule has 1 fully saturated rings. The maximum atomic E-state index is 5.81. The van der Waals surface area contributed by atoms with Crippen molar-refractivity contribution >= 4 is 17.4 Å². The van der Waals surface area contributed by atoms with Gasteiger partial charge >= 0.3 is 0 Å². The first-order chi connectivity index (χ1) is 9.00. The first-order valence-electron chi connectivity index (χ1n) is 7.26. The summed E-state index contributed by atoms with van der Waals surface area (Å²) in [5, 5.41) is 0. The van der Waals surface area contributed by atoms with Crippen LogP contribution in [0.15, 0.2) is 18.3 Å². The maximum Gasteiger partial charge on any atom is 0.128 e. The zero-order valence-electron chi connectivity index (χ0n) is 12.3. The molecule has 0 amide bonds. The second-order valence-corrected chi connectivity index (χ2v) is 6.91. The normalized spacial score (nSPS) is 21.3. The van der Waals surface area contributed by atoms with Crippen LogP contribution in [-0.4, -0.2) is 18.1 Å². The van der Waals surface area contributed by atoms with Crippen LogP contribution in [0.3, 0.4) is 0 Å². The molecule has 106 valence electrons. The average Bonchev–Trinajstić information content (AvgIpc) is 2.64. The second kappa shape index (κ2) is 6.13. The number of hydrogen-bond donors (Lipinski definition) is 0. The van der Waals surface area contributed by atoms with Gasteiger partial charge in [0.1, 0.15) is 5.82 Å². The Hall–Kier alpha value is -0.760. The minimum absolute atomic E-state index is 0.423. The summed E-state index contributed by atoms with van der Waals surface area (Å²) in [5.74, 6) is 2.46. The van der Waals surface area contributed by atoms with E-state index in [-0.39, 0.29) is 0 Å². The van der Waals surface area contributed by atoms with Gasteiger partial charge in [-0.1, -0.05) is 26.8 Å². The van der Waals surface area contributed by atoms with Crippen molar-refractivity contribution in [2.75, 3.05) is 18.0 Å². The zero-order valence-corrected chi connectivity index (χ0v) is 13.1. The molecule has 2 rings (SSSR count). The molecule has 1 aromatic heterocycles. The molecule has 0 saturated carbocycles. The van der Waals surface area contributed by atoms with Gasteiger partial charge in [-0.3, -0.25) is 0 Å². The highest BCUT2D eigenvalue weighted by atomic mass is 35.5. The van der Waals surface area contributed by atoms with Crippen molar-refractivity contribution in [3.63, 3.8) is 0 Å². The van der Waals surface area contributed by atoms with E-state index in [2.05, 4.69) is 42.8 Å². The fourth-order valence-electron chi connectivity index (χ4n) is 2.87. The summed E-state index contributed by atoms with van der Waals surface area (Å²) in [5.41, 5.74) is 1.51. The van der Waals surface area contributed by atoms with Crippen molar-refractivity contribution in [3.8, 4) is 0 Å². The molecule has 1 unspecified atom stereocenters. The van der Waals surface area contributed by atoms with Crippen molar-refractivity contribution < 1.29 is 0 Å². The molecule has 1 aliphatic heterocycles. The lowest BCUT2D eigenvalue weighted by molar-refractivity contribution is 0.220.